The van der Waals surface area contributed by atoms with Gasteiger partial charge in [-0.05, 0) is 54.7 Å². The van der Waals surface area contributed by atoms with Crippen LogP contribution in [0, 0.1) is 0 Å². The van der Waals surface area contributed by atoms with E-state index in [-0.39, 0.29) is 30.0 Å². The van der Waals surface area contributed by atoms with Crippen molar-refractivity contribution in [3.8, 4) is 17.2 Å². The van der Waals surface area contributed by atoms with E-state index in [1.807, 2.05) is 18.2 Å². The number of phenols is 1. The normalized spacial score (nSPS) is 13.0. The Bertz CT molecular complexity index is 1110. The van der Waals surface area contributed by atoms with Crippen molar-refractivity contribution in [2.24, 2.45) is 0 Å². The van der Waals surface area contributed by atoms with Crippen LogP contribution in [0.2, 0.25) is 0 Å². The number of ether oxygens (including phenoxy) is 3. The Hall–Kier alpha value is -3.02. The summed E-state index contributed by atoms with van der Waals surface area (Å²) in [5, 5.41) is 24.1. The van der Waals surface area contributed by atoms with Gasteiger partial charge in [-0.2, -0.15) is 0 Å². The number of benzene rings is 2. The monoisotopic (exact) mass is 524 g/mol. The van der Waals surface area contributed by atoms with Crippen LogP contribution in [0.25, 0.3) is 0 Å². The van der Waals surface area contributed by atoms with E-state index in [4.69, 9.17) is 14.2 Å². The van der Waals surface area contributed by atoms with Gasteiger partial charge in [0.25, 0.3) is 0 Å². The highest BCUT2D eigenvalue weighted by molar-refractivity contribution is 7.92. The van der Waals surface area contributed by atoms with E-state index < -0.39 is 16.1 Å². The molecule has 0 aliphatic heterocycles. The third-order valence-electron chi connectivity index (χ3n) is 5.64. The smallest absolute Gasteiger partial charge is 0.305 e. The van der Waals surface area contributed by atoms with Crippen LogP contribution >= 0.6 is 0 Å². The summed E-state index contributed by atoms with van der Waals surface area (Å²) >= 11 is 0. The van der Waals surface area contributed by atoms with E-state index >= 15 is 0 Å². The fraction of sp³-hybridized carbons (Fsp3) is 0.480. The second-order valence-corrected chi connectivity index (χ2v) is 10.2. The molecule has 2 unspecified atom stereocenters. The molecular formula is C25H36N2O8S. The van der Waals surface area contributed by atoms with Crippen LogP contribution in [0.4, 0.5) is 5.69 Å². The molecule has 0 saturated carbocycles. The molecular weight excluding hydrogens is 488 g/mol. The van der Waals surface area contributed by atoms with Crippen molar-refractivity contribution in [3.05, 3.63) is 47.5 Å². The van der Waals surface area contributed by atoms with Crippen molar-refractivity contribution in [1.29, 1.82) is 0 Å². The maximum absolute atomic E-state index is 11.6. The number of unbranched alkanes of at least 4 members (excludes halogenated alkanes) is 1. The summed E-state index contributed by atoms with van der Waals surface area (Å²) in [7, 11) is 0.921. The van der Waals surface area contributed by atoms with Gasteiger partial charge in [-0.15, -0.1) is 0 Å². The number of carbonyl (C=O) groups is 1. The minimum atomic E-state index is -3.59. The average Bonchev–Trinajstić information content (AvgIpc) is 2.84. The molecule has 0 aliphatic carbocycles. The lowest BCUT2D eigenvalue weighted by atomic mass is 9.99. The molecule has 2 rings (SSSR count). The molecule has 0 spiro atoms. The quantitative estimate of drug-likeness (QED) is 0.157. The van der Waals surface area contributed by atoms with E-state index in [9.17, 15) is 23.4 Å². The fourth-order valence-electron chi connectivity index (χ4n) is 3.77. The fourth-order valence-corrected chi connectivity index (χ4v) is 4.33. The first-order valence-electron chi connectivity index (χ1n) is 11.6. The molecule has 0 aromatic heterocycles. The lowest BCUT2D eigenvalue weighted by Gasteiger charge is -2.22. The Morgan fingerprint density at radius 1 is 1.03 bits per heavy atom. The minimum absolute atomic E-state index is 0.00117. The van der Waals surface area contributed by atoms with E-state index in [2.05, 4.69) is 10.0 Å². The van der Waals surface area contributed by atoms with Crippen molar-refractivity contribution >= 4 is 21.7 Å². The van der Waals surface area contributed by atoms with Gasteiger partial charge in [-0.1, -0.05) is 18.6 Å². The van der Waals surface area contributed by atoms with Gasteiger partial charge in [-0.25, -0.2) is 8.42 Å². The van der Waals surface area contributed by atoms with Crippen LogP contribution in [0.15, 0.2) is 36.4 Å². The molecule has 2 atom stereocenters. The summed E-state index contributed by atoms with van der Waals surface area (Å²) in [6.07, 6.45) is 3.21. The molecule has 200 valence electrons. The Kier molecular flexibility index (Phi) is 11.3. The van der Waals surface area contributed by atoms with Crippen molar-refractivity contribution in [2.45, 2.75) is 44.2 Å². The van der Waals surface area contributed by atoms with Gasteiger partial charge in [0.1, 0.15) is 5.75 Å². The highest BCUT2D eigenvalue weighted by Crippen LogP contribution is 2.29. The molecule has 2 aromatic rings. The van der Waals surface area contributed by atoms with Crippen molar-refractivity contribution in [2.75, 3.05) is 38.9 Å². The van der Waals surface area contributed by atoms with Gasteiger partial charge in [0.2, 0.25) is 10.0 Å². The molecule has 10 nitrogen and oxygen atoms in total. The minimum Gasteiger partial charge on any atom is -0.506 e. The highest BCUT2D eigenvalue weighted by Gasteiger charge is 2.17. The lowest BCUT2D eigenvalue weighted by molar-refractivity contribution is -0.140. The number of aromatic hydroxyl groups is 1. The van der Waals surface area contributed by atoms with Crippen LogP contribution in [-0.2, 0) is 26.0 Å². The maximum atomic E-state index is 11.6. The molecule has 11 heteroatoms. The van der Waals surface area contributed by atoms with E-state index in [1.54, 1.807) is 14.2 Å². The molecule has 0 saturated heterocycles. The topological polar surface area (TPSA) is 143 Å². The number of hydrogen-bond donors (Lipinski definition) is 4. The molecule has 2 aromatic carbocycles. The summed E-state index contributed by atoms with van der Waals surface area (Å²) < 4.78 is 40.8. The molecule has 0 amide bonds. The Labute approximate surface area is 212 Å². The number of methoxy groups -OCH3 is 3. The number of hydrogen-bond acceptors (Lipinski definition) is 9. The van der Waals surface area contributed by atoms with Gasteiger partial charge in [0, 0.05) is 19.0 Å². The van der Waals surface area contributed by atoms with Gasteiger partial charge >= 0.3 is 5.97 Å². The first-order valence-corrected chi connectivity index (χ1v) is 13.4. The second kappa shape index (κ2) is 13.9. The summed E-state index contributed by atoms with van der Waals surface area (Å²) in [6.45, 7) is 0.193. The zero-order valence-corrected chi connectivity index (χ0v) is 21.9. The van der Waals surface area contributed by atoms with E-state index in [0.717, 1.165) is 24.7 Å². The summed E-state index contributed by atoms with van der Waals surface area (Å²) in [6, 6.07) is 9.94. The number of anilines is 1. The maximum Gasteiger partial charge on any atom is 0.305 e. The predicted molar refractivity (Wildman–Crippen MR) is 137 cm³/mol. The molecule has 36 heavy (non-hydrogen) atoms. The van der Waals surface area contributed by atoms with Crippen LogP contribution in [0.1, 0.15) is 42.9 Å². The lowest BCUT2D eigenvalue weighted by Crippen LogP contribution is -2.34. The van der Waals surface area contributed by atoms with E-state index in [1.165, 1.54) is 25.3 Å². The first-order chi connectivity index (χ1) is 17.1. The molecule has 0 heterocycles. The van der Waals surface area contributed by atoms with Crippen molar-refractivity contribution in [1.82, 2.24) is 5.32 Å². The summed E-state index contributed by atoms with van der Waals surface area (Å²) in [5.74, 6) is 0.765. The van der Waals surface area contributed by atoms with Crippen LogP contribution < -0.4 is 19.5 Å². The summed E-state index contributed by atoms with van der Waals surface area (Å²) in [5.41, 5.74) is 1.46. The summed E-state index contributed by atoms with van der Waals surface area (Å²) in [4.78, 5) is 11.4. The Balaban J connectivity index is 2.11. The number of aliphatic hydroxyl groups is 1. The van der Waals surface area contributed by atoms with Crippen LogP contribution in [-0.4, -0.2) is 64.8 Å². The molecule has 0 aliphatic rings. The van der Waals surface area contributed by atoms with Crippen molar-refractivity contribution < 1.29 is 37.6 Å². The predicted octanol–water partition coefficient (Wildman–Crippen LogP) is 2.75. The van der Waals surface area contributed by atoms with Crippen LogP contribution in [0.5, 0.6) is 17.2 Å². The number of aliphatic hydroxyl groups excluding tert-OH is 1. The average molecular weight is 525 g/mol. The number of phenolic OH excluding ortho intramolecular Hbond substituents is 1. The Morgan fingerprint density at radius 3 is 2.39 bits per heavy atom. The number of rotatable bonds is 15. The third-order valence-corrected chi connectivity index (χ3v) is 6.23. The van der Waals surface area contributed by atoms with E-state index in [0.29, 0.717) is 36.3 Å². The zero-order valence-electron chi connectivity index (χ0n) is 21.1. The molecule has 0 fully saturated rings. The first kappa shape index (κ1) is 29.2. The van der Waals surface area contributed by atoms with Gasteiger partial charge in [0.15, 0.2) is 11.5 Å². The number of carbonyl (C=O) groups excluding carboxylic acids is 1. The zero-order chi connectivity index (χ0) is 26.7. The van der Waals surface area contributed by atoms with Gasteiger partial charge in [0.05, 0.1) is 39.4 Å². The third kappa shape index (κ3) is 9.56. The highest BCUT2D eigenvalue weighted by atomic mass is 32.2. The SMILES string of the molecule is COC(=O)CCCCC(Cc1ccc(OC)c(OC)c1)NCC(O)c1ccc(O)c(NS(C)(=O)=O)c1. The van der Waals surface area contributed by atoms with Gasteiger partial charge < -0.3 is 29.7 Å². The second-order valence-electron chi connectivity index (χ2n) is 8.49. The Morgan fingerprint density at radius 2 is 1.75 bits per heavy atom. The number of nitrogens with one attached hydrogen (secondary N) is 2. The van der Waals surface area contributed by atoms with Gasteiger partial charge in [-0.3, -0.25) is 9.52 Å². The van der Waals surface area contributed by atoms with Crippen LogP contribution in [0.3, 0.4) is 0 Å². The number of esters is 1. The largest absolute Gasteiger partial charge is 0.506 e. The molecule has 4 N–H and O–H groups in total. The standard InChI is InChI=1S/C25H36N2O8S/c1-33-23-12-9-17(14-24(23)34-2)13-19(7-5-6-8-25(30)35-3)26-16-22(29)18-10-11-21(28)20(15-18)27-36(4,31)32/h9-12,14-15,19,22,26-29H,5-8,13,16H2,1-4H3. The van der Waals surface area contributed by atoms with Crippen molar-refractivity contribution in [3.63, 3.8) is 0 Å². The molecule has 0 bridgehead atoms. The number of sulfonamides is 1. The molecule has 0 radical (unpaired) electrons.